The van der Waals surface area contributed by atoms with Gasteiger partial charge in [0.15, 0.2) is 0 Å². The number of anilines is 1. The smallest absolute Gasteiger partial charge is 0.0537 e. The molecule has 0 atom stereocenters. The van der Waals surface area contributed by atoms with Crippen LogP contribution in [0.5, 0.6) is 0 Å². The maximum Gasteiger partial charge on any atom is 0.0537 e. The molecule has 0 spiro atoms. The first-order chi connectivity index (χ1) is 7.68. The zero-order chi connectivity index (χ0) is 11.5. The highest BCUT2D eigenvalue weighted by Gasteiger charge is 2.08. The van der Waals surface area contributed by atoms with Gasteiger partial charge in [0, 0.05) is 16.3 Å². The molecule has 0 radical (unpaired) electrons. The van der Waals surface area contributed by atoms with E-state index in [9.17, 15) is 0 Å². The van der Waals surface area contributed by atoms with Crippen LogP contribution in [0.25, 0.3) is 0 Å². The van der Waals surface area contributed by atoms with Crippen LogP contribution in [0.2, 0.25) is 5.02 Å². The third-order valence-corrected chi connectivity index (χ3v) is 3.06. The number of benzene rings is 2. The minimum atomic E-state index is 0.628. The van der Waals surface area contributed by atoms with Crippen molar-refractivity contribution in [3.8, 4) is 0 Å². The minimum Gasteiger partial charge on any atom is -0.399 e. The highest BCUT2D eigenvalue weighted by Crippen LogP contribution is 2.22. The van der Waals surface area contributed by atoms with Crippen LogP contribution in [0, 0.1) is 0 Å². The van der Waals surface area contributed by atoms with Crippen LogP contribution in [-0.4, -0.2) is 4.86 Å². The van der Waals surface area contributed by atoms with Gasteiger partial charge in [0.05, 0.1) is 4.86 Å². The lowest BCUT2D eigenvalue weighted by atomic mass is 10.0. The van der Waals surface area contributed by atoms with E-state index in [1.165, 1.54) is 0 Å². The fraction of sp³-hybridized carbons (Fsp3) is 0. The number of hydrogen-bond acceptors (Lipinski definition) is 2. The van der Waals surface area contributed by atoms with Crippen LogP contribution < -0.4 is 5.73 Å². The minimum absolute atomic E-state index is 0.628. The maximum absolute atomic E-state index is 6.10. The standard InChI is InChI=1S/C13H10ClNS/c14-12-7-6-10(15)8-11(12)13(16)9-4-2-1-3-5-9/h1-8H,15H2. The molecule has 3 heteroatoms. The lowest BCUT2D eigenvalue weighted by Gasteiger charge is -2.07. The quantitative estimate of drug-likeness (QED) is 0.498. The molecular formula is C13H10ClNS. The Balaban J connectivity index is 2.46. The molecule has 0 unspecified atom stereocenters. The van der Waals surface area contributed by atoms with Crippen molar-refractivity contribution < 1.29 is 0 Å². The molecule has 0 amide bonds. The van der Waals surface area contributed by atoms with Crippen LogP contribution in [-0.2, 0) is 0 Å². The van der Waals surface area contributed by atoms with E-state index in [-0.39, 0.29) is 0 Å². The largest absolute Gasteiger partial charge is 0.399 e. The van der Waals surface area contributed by atoms with E-state index >= 15 is 0 Å². The van der Waals surface area contributed by atoms with Crippen LogP contribution >= 0.6 is 23.8 Å². The van der Waals surface area contributed by atoms with Gasteiger partial charge in [-0.2, -0.15) is 0 Å². The molecule has 80 valence electrons. The highest BCUT2D eigenvalue weighted by molar-refractivity contribution is 7.81. The Morgan fingerprint density at radius 1 is 1.06 bits per heavy atom. The van der Waals surface area contributed by atoms with Gasteiger partial charge in [-0.15, -0.1) is 0 Å². The third-order valence-electron chi connectivity index (χ3n) is 2.27. The van der Waals surface area contributed by atoms with Crippen molar-refractivity contribution in [2.75, 3.05) is 5.73 Å². The van der Waals surface area contributed by atoms with E-state index in [0.717, 1.165) is 16.0 Å². The zero-order valence-corrected chi connectivity index (χ0v) is 10.1. The normalized spacial score (nSPS) is 10.1. The van der Waals surface area contributed by atoms with Gasteiger partial charge in [-0.05, 0) is 23.8 Å². The summed E-state index contributed by atoms with van der Waals surface area (Å²) in [6.07, 6.45) is 0. The molecule has 0 heterocycles. The van der Waals surface area contributed by atoms with E-state index in [1.54, 1.807) is 18.2 Å². The van der Waals surface area contributed by atoms with Gasteiger partial charge in [-0.25, -0.2) is 0 Å². The second-order valence-corrected chi connectivity index (χ2v) is 4.25. The van der Waals surface area contributed by atoms with Crippen molar-refractivity contribution in [1.82, 2.24) is 0 Å². The SMILES string of the molecule is Nc1ccc(Cl)c(C(=S)c2ccccc2)c1. The number of halogens is 1. The second kappa shape index (κ2) is 4.64. The lowest BCUT2D eigenvalue weighted by Crippen LogP contribution is -2.01. The van der Waals surface area contributed by atoms with E-state index < -0.39 is 0 Å². The predicted octanol–water partition coefficient (Wildman–Crippen LogP) is 3.69. The third kappa shape index (κ3) is 2.23. The molecule has 2 aromatic carbocycles. The molecule has 16 heavy (non-hydrogen) atoms. The number of hydrogen-bond donors (Lipinski definition) is 1. The molecule has 0 fully saturated rings. The summed E-state index contributed by atoms with van der Waals surface area (Å²) in [5.74, 6) is 0. The number of nitrogen functional groups attached to an aromatic ring is 1. The van der Waals surface area contributed by atoms with E-state index in [0.29, 0.717) is 10.7 Å². The van der Waals surface area contributed by atoms with Crippen LogP contribution in [0.4, 0.5) is 5.69 Å². The summed E-state index contributed by atoms with van der Waals surface area (Å²) in [5, 5.41) is 0.628. The fourth-order valence-corrected chi connectivity index (χ4v) is 2.03. The maximum atomic E-state index is 6.10. The van der Waals surface area contributed by atoms with Gasteiger partial charge in [0.2, 0.25) is 0 Å². The van der Waals surface area contributed by atoms with Gasteiger partial charge < -0.3 is 5.73 Å². The van der Waals surface area contributed by atoms with Crippen LogP contribution in [0.15, 0.2) is 48.5 Å². The molecule has 2 N–H and O–H groups in total. The Labute approximate surface area is 105 Å². The van der Waals surface area contributed by atoms with Gasteiger partial charge in [-0.1, -0.05) is 54.2 Å². The molecule has 1 nitrogen and oxygen atoms in total. The number of thiocarbonyl (C=S) groups is 1. The van der Waals surface area contributed by atoms with Crippen molar-refractivity contribution in [1.29, 1.82) is 0 Å². The van der Waals surface area contributed by atoms with Gasteiger partial charge in [0.25, 0.3) is 0 Å². The molecule has 0 aliphatic carbocycles. The number of rotatable bonds is 2. The van der Waals surface area contributed by atoms with Gasteiger partial charge >= 0.3 is 0 Å². The Bertz CT molecular complexity index is 523. The molecule has 0 aliphatic rings. The van der Waals surface area contributed by atoms with Crippen molar-refractivity contribution in [3.05, 3.63) is 64.7 Å². The van der Waals surface area contributed by atoms with Crippen molar-refractivity contribution >= 4 is 34.4 Å². The summed E-state index contributed by atoms with van der Waals surface area (Å²) in [7, 11) is 0. The molecule has 0 bridgehead atoms. The summed E-state index contributed by atoms with van der Waals surface area (Å²) in [5.41, 5.74) is 8.17. The molecular weight excluding hydrogens is 238 g/mol. The highest BCUT2D eigenvalue weighted by atomic mass is 35.5. The molecule has 2 rings (SSSR count). The summed E-state index contributed by atoms with van der Waals surface area (Å²) in [4.78, 5) is 0.720. The van der Waals surface area contributed by atoms with Crippen LogP contribution in [0.3, 0.4) is 0 Å². The fourth-order valence-electron chi connectivity index (χ4n) is 1.46. The van der Waals surface area contributed by atoms with Crippen molar-refractivity contribution in [2.24, 2.45) is 0 Å². The average molecular weight is 248 g/mol. The van der Waals surface area contributed by atoms with Gasteiger partial charge in [-0.3, -0.25) is 0 Å². The van der Waals surface area contributed by atoms with E-state index in [2.05, 4.69) is 0 Å². The zero-order valence-electron chi connectivity index (χ0n) is 8.48. The molecule has 2 aromatic rings. The summed E-state index contributed by atoms with van der Waals surface area (Å²) in [6, 6.07) is 15.1. The number of nitrogens with two attached hydrogens (primary N) is 1. The molecule has 0 saturated heterocycles. The summed E-state index contributed by atoms with van der Waals surface area (Å²) < 4.78 is 0. The molecule has 0 saturated carbocycles. The van der Waals surface area contributed by atoms with E-state index in [4.69, 9.17) is 29.6 Å². The molecule has 0 aromatic heterocycles. The van der Waals surface area contributed by atoms with Gasteiger partial charge in [0.1, 0.15) is 0 Å². The Kier molecular flexibility index (Phi) is 3.22. The summed E-state index contributed by atoms with van der Waals surface area (Å²) in [6.45, 7) is 0. The summed E-state index contributed by atoms with van der Waals surface area (Å²) >= 11 is 11.5. The Morgan fingerprint density at radius 2 is 1.75 bits per heavy atom. The van der Waals surface area contributed by atoms with Crippen LogP contribution in [0.1, 0.15) is 11.1 Å². The lowest BCUT2D eigenvalue weighted by molar-refractivity contribution is 1.61. The predicted molar refractivity (Wildman–Crippen MR) is 73.1 cm³/mol. The Morgan fingerprint density at radius 3 is 2.44 bits per heavy atom. The first-order valence-corrected chi connectivity index (χ1v) is 5.62. The van der Waals surface area contributed by atoms with Crippen molar-refractivity contribution in [2.45, 2.75) is 0 Å². The average Bonchev–Trinajstić information content (AvgIpc) is 2.32. The first kappa shape index (κ1) is 11.1. The monoisotopic (exact) mass is 247 g/mol. The van der Waals surface area contributed by atoms with Crippen molar-refractivity contribution in [3.63, 3.8) is 0 Å². The Hall–Kier alpha value is -1.38. The second-order valence-electron chi connectivity index (χ2n) is 3.43. The topological polar surface area (TPSA) is 26.0 Å². The first-order valence-electron chi connectivity index (χ1n) is 4.83. The van der Waals surface area contributed by atoms with E-state index in [1.807, 2.05) is 30.3 Å². The molecule has 0 aliphatic heterocycles.